The van der Waals surface area contributed by atoms with Crippen LogP contribution in [0.1, 0.15) is 41.9 Å². The van der Waals surface area contributed by atoms with Crippen molar-refractivity contribution in [2.45, 2.75) is 43.7 Å². The first-order chi connectivity index (χ1) is 19.7. The van der Waals surface area contributed by atoms with E-state index < -0.39 is 47.4 Å². The average molecular weight is 594 g/mol. The highest BCUT2D eigenvalue weighted by atomic mass is 19.4. The molecular weight excluding hydrogens is 562 g/mol. The number of ether oxygens (including phenoxy) is 3. The lowest BCUT2D eigenvalue weighted by atomic mass is 9.86. The minimum Gasteiger partial charge on any atom is -0.493 e. The van der Waals surface area contributed by atoms with Gasteiger partial charge in [0.15, 0.2) is 17.2 Å². The monoisotopic (exact) mass is 593 g/mol. The molecule has 13 heteroatoms. The quantitative estimate of drug-likeness (QED) is 0.261. The first-order valence-corrected chi connectivity index (χ1v) is 13.0. The van der Waals surface area contributed by atoms with Gasteiger partial charge in [-0.2, -0.15) is 13.2 Å². The molecule has 2 aromatic carbocycles. The Morgan fingerprint density at radius 2 is 1.88 bits per heavy atom. The number of aliphatic hydroxyl groups excluding tert-OH is 1. The van der Waals surface area contributed by atoms with Gasteiger partial charge in [-0.1, -0.05) is 6.92 Å². The van der Waals surface area contributed by atoms with Gasteiger partial charge in [-0.25, -0.2) is 9.37 Å². The Morgan fingerprint density at radius 3 is 2.48 bits per heavy atom. The minimum absolute atomic E-state index is 0.0435. The Morgan fingerprint density at radius 1 is 1.19 bits per heavy atom. The molecule has 0 saturated carbocycles. The maximum absolute atomic E-state index is 14.6. The third kappa shape index (κ3) is 5.98. The second-order valence-corrected chi connectivity index (χ2v) is 10.1. The van der Waals surface area contributed by atoms with E-state index in [9.17, 15) is 32.6 Å². The van der Waals surface area contributed by atoms with Gasteiger partial charge in [-0.3, -0.25) is 4.79 Å². The van der Waals surface area contributed by atoms with E-state index in [-0.39, 0.29) is 52.8 Å². The van der Waals surface area contributed by atoms with Crippen molar-refractivity contribution in [3.8, 4) is 28.5 Å². The lowest BCUT2D eigenvalue weighted by Gasteiger charge is -2.31. The topological polar surface area (TPSA) is 136 Å². The molecule has 0 saturated heterocycles. The summed E-state index contributed by atoms with van der Waals surface area (Å²) in [5, 5.41) is 22.7. The molecule has 4 rings (SSSR count). The van der Waals surface area contributed by atoms with Gasteiger partial charge < -0.3 is 35.5 Å². The summed E-state index contributed by atoms with van der Waals surface area (Å²) in [6.07, 6.45) is -5.77. The number of fused-ring (bicyclic) bond motifs is 1. The van der Waals surface area contributed by atoms with Gasteiger partial charge in [-0.15, -0.1) is 0 Å². The van der Waals surface area contributed by atoms with E-state index in [0.717, 1.165) is 18.2 Å². The molecular formula is C29H31F4N3O6. The standard InChI is InChI=1S/C29H31F4N3O6/c1-4-27(34)15-42-25-20(27)12-23(36-24(25)17-5-8-19(30)9-6-17)28(39,29(31,32)33)14-35-26(38)18-7-10-21(22(11-18)40-3)41-13-16(2)37/h5-12,16,37,39H,4,13-15,34H2,1-3H3,(H,35,38)/t16-,27+,28+/m1/s1. The number of alkyl halides is 3. The van der Waals surface area contributed by atoms with Crippen molar-refractivity contribution in [1.29, 1.82) is 0 Å². The molecule has 3 aromatic rings. The van der Waals surface area contributed by atoms with Crippen LogP contribution in [0, 0.1) is 5.82 Å². The number of aromatic nitrogens is 1. The smallest absolute Gasteiger partial charge is 0.424 e. The van der Waals surface area contributed by atoms with Gasteiger partial charge in [0.1, 0.15) is 24.7 Å². The Bertz CT molecular complexity index is 1450. The van der Waals surface area contributed by atoms with E-state index in [1.807, 2.05) is 0 Å². The molecule has 0 unspecified atom stereocenters. The molecule has 5 N–H and O–H groups in total. The average Bonchev–Trinajstić information content (AvgIpc) is 3.30. The highest BCUT2D eigenvalue weighted by Crippen LogP contribution is 2.47. The summed E-state index contributed by atoms with van der Waals surface area (Å²) in [6, 6.07) is 9.83. The van der Waals surface area contributed by atoms with Gasteiger partial charge in [0, 0.05) is 16.7 Å². The summed E-state index contributed by atoms with van der Waals surface area (Å²) in [7, 11) is 1.31. The molecule has 9 nitrogen and oxygen atoms in total. The number of amides is 1. The fourth-order valence-electron chi connectivity index (χ4n) is 4.42. The minimum atomic E-state index is -5.29. The van der Waals surface area contributed by atoms with Crippen molar-refractivity contribution in [2.75, 3.05) is 26.9 Å². The number of pyridine rings is 1. The van der Waals surface area contributed by atoms with Gasteiger partial charge in [0.05, 0.1) is 31.0 Å². The fraction of sp³-hybridized carbons (Fsp3) is 0.379. The number of rotatable bonds is 10. The van der Waals surface area contributed by atoms with Crippen LogP contribution in [0.5, 0.6) is 17.2 Å². The second-order valence-electron chi connectivity index (χ2n) is 10.1. The zero-order valence-electron chi connectivity index (χ0n) is 23.1. The number of hydrogen-bond donors (Lipinski definition) is 4. The van der Waals surface area contributed by atoms with E-state index >= 15 is 0 Å². The summed E-state index contributed by atoms with van der Waals surface area (Å²) in [5.74, 6) is -1.06. The predicted molar refractivity (Wildman–Crippen MR) is 144 cm³/mol. The largest absolute Gasteiger partial charge is 0.493 e. The molecule has 0 bridgehead atoms. The molecule has 1 aliphatic heterocycles. The van der Waals surface area contributed by atoms with Crippen LogP contribution in [0.2, 0.25) is 0 Å². The van der Waals surface area contributed by atoms with E-state index in [1.54, 1.807) is 6.92 Å². The lowest BCUT2D eigenvalue weighted by molar-refractivity contribution is -0.265. The van der Waals surface area contributed by atoms with Crippen molar-refractivity contribution in [3.05, 3.63) is 71.2 Å². The van der Waals surface area contributed by atoms with Gasteiger partial charge in [-0.05, 0) is 61.9 Å². The molecule has 1 aliphatic rings. The fourth-order valence-corrected chi connectivity index (χ4v) is 4.42. The van der Waals surface area contributed by atoms with Crippen molar-refractivity contribution in [1.82, 2.24) is 10.3 Å². The Labute approximate surface area is 239 Å². The third-order valence-electron chi connectivity index (χ3n) is 7.04. The second kappa shape index (κ2) is 11.7. The van der Waals surface area contributed by atoms with Crippen LogP contribution in [0.3, 0.4) is 0 Å². The number of hydrogen-bond acceptors (Lipinski definition) is 8. The van der Waals surface area contributed by atoms with Gasteiger partial charge >= 0.3 is 6.18 Å². The highest BCUT2D eigenvalue weighted by molar-refractivity contribution is 5.95. The summed E-state index contributed by atoms with van der Waals surface area (Å²) >= 11 is 0. The first kappa shape index (κ1) is 31.0. The first-order valence-electron chi connectivity index (χ1n) is 13.0. The molecule has 0 aliphatic carbocycles. The maximum Gasteiger partial charge on any atom is 0.424 e. The van der Waals surface area contributed by atoms with Crippen LogP contribution in [0.15, 0.2) is 48.5 Å². The number of methoxy groups -OCH3 is 1. The van der Waals surface area contributed by atoms with Crippen LogP contribution in [0.4, 0.5) is 17.6 Å². The number of carbonyl (C=O) groups is 1. The molecule has 0 fully saturated rings. The molecule has 3 atom stereocenters. The van der Waals surface area contributed by atoms with Gasteiger partial charge in [0.2, 0.25) is 5.60 Å². The van der Waals surface area contributed by atoms with Crippen molar-refractivity contribution in [3.63, 3.8) is 0 Å². The van der Waals surface area contributed by atoms with Crippen LogP contribution in [0.25, 0.3) is 11.3 Å². The van der Waals surface area contributed by atoms with Crippen molar-refractivity contribution in [2.24, 2.45) is 5.73 Å². The van der Waals surface area contributed by atoms with E-state index in [1.165, 1.54) is 44.4 Å². The van der Waals surface area contributed by atoms with Crippen LogP contribution >= 0.6 is 0 Å². The van der Waals surface area contributed by atoms with E-state index in [4.69, 9.17) is 19.9 Å². The van der Waals surface area contributed by atoms with Crippen molar-refractivity contribution < 1.29 is 46.8 Å². The number of nitrogens with zero attached hydrogens (tertiary/aromatic N) is 1. The van der Waals surface area contributed by atoms with Crippen molar-refractivity contribution >= 4 is 5.91 Å². The third-order valence-corrected chi connectivity index (χ3v) is 7.04. The molecule has 0 spiro atoms. The number of aliphatic hydroxyl groups is 2. The molecule has 1 amide bonds. The van der Waals surface area contributed by atoms with Crippen LogP contribution in [-0.4, -0.2) is 60.3 Å². The molecule has 2 heterocycles. The summed E-state index contributed by atoms with van der Waals surface area (Å²) in [4.78, 5) is 17.1. The summed E-state index contributed by atoms with van der Waals surface area (Å²) < 4.78 is 73.7. The zero-order valence-corrected chi connectivity index (χ0v) is 23.1. The van der Waals surface area contributed by atoms with Crippen LogP contribution in [-0.2, 0) is 11.1 Å². The number of nitrogens with one attached hydrogen (secondary N) is 1. The van der Waals surface area contributed by atoms with Gasteiger partial charge in [0.25, 0.3) is 5.91 Å². The molecule has 0 radical (unpaired) electrons. The Hall–Kier alpha value is -3.94. The number of nitrogens with two attached hydrogens (primary N) is 1. The zero-order chi connectivity index (χ0) is 30.9. The van der Waals surface area contributed by atoms with E-state index in [0.29, 0.717) is 6.42 Å². The SMILES string of the molecule is CC[C@]1(N)COc2c1cc([C@@](O)(CNC(=O)c1ccc(OC[C@@H](C)O)c(OC)c1)C(F)(F)F)nc2-c1ccc(F)cc1. The normalized spacial score (nSPS) is 18.4. The molecule has 42 heavy (non-hydrogen) atoms. The number of carbonyl (C=O) groups excluding carboxylic acids is 1. The number of benzene rings is 2. The highest BCUT2D eigenvalue weighted by Gasteiger charge is 2.57. The maximum atomic E-state index is 14.6. The predicted octanol–water partition coefficient (Wildman–Crippen LogP) is 3.79. The lowest BCUT2D eigenvalue weighted by Crippen LogP contribution is -2.51. The van der Waals surface area contributed by atoms with E-state index in [2.05, 4.69) is 10.3 Å². The van der Waals surface area contributed by atoms with Crippen LogP contribution < -0.4 is 25.3 Å². The Kier molecular flexibility index (Phi) is 8.67. The molecule has 1 aromatic heterocycles. The summed E-state index contributed by atoms with van der Waals surface area (Å²) in [6.45, 7) is 1.86. The summed E-state index contributed by atoms with van der Waals surface area (Å²) in [5.41, 5.74) is 1.12. The number of halogens is 4. The molecule has 226 valence electrons. The Balaban J connectivity index is 1.71.